The fourth-order valence-corrected chi connectivity index (χ4v) is 2.54. The third-order valence-electron chi connectivity index (χ3n) is 3.96. The van der Waals surface area contributed by atoms with Gasteiger partial charge in [0.1, 0.15) is 11.6 Å². The number of aryl methyl sites for hydroxylation is 1. The van der Waals surface area contributed by atoms with Gasteiger partial charge in [-0.2, -0.15) is 0 Å². The summed E-state index contributed by atoms with van der Waals surface area (Å²) in [4.78, 5) is 28.4. The molecular weight excluding hydrogens is 349 g/mol. The first-order chi connectivity index (χ1) is 13.0. The van der Waals surface area contributed by atoms with Gasteiger partial charge in [-0.3, -0.25) is 4.79 Å². The topological polar surface area (TPSA) is 69.4 Å². The Morgan fingerprint density at radius 1 is 1.07 bits per heavy atom. The Kier molecular flexibility index (Phi) is 5.76. The zero-order chi connectivity index (χ0) is 19.2. The molecule has 0 aliphatic heterocycles. The van der Waals surface area contributed by atoms with Crippen molar-refractivity contribution in [3.8, 4) is 11.5 Å². The van der Waals surface area contributed by atoms with Crippen molar-refractivity contribution in [2.24, 2.45) is 0 Å². The number of benzene rings is 2. The molecule has 0 saturated heterocycles. The largest absolute Gasteiger partial charge is 0.461 e. The molecule has 0 aliphatic rings. The standard InChI is InChI=1S/C21H18FNO4/c1-14-19(23-20(27-14)16-6-3-2-4-7-16)21(25)26-13-5-8-18(24)15-9-11-17(22)12-10-15/h2-4,6-7,9-12H,5,8,13H2,1H3. The Labute approximate surface area is 155 Å². The summed E-state index contributed by atoms with van der Waals surface area (Å²) in [6.07, 6.45) is 0.566. The first-order valence-corrected chi connectivity index (χ1v) is 8.53. The molecule has 0 radical (unpaired) electrons. The van der Waals surface area contributed by atoms with Crippen LogP contribution in [-0.4, -0.2) is 23.3 Å². The molecule has 0 N–H and O–H groups in total. The average Bonchev–Trinajstić information content (AvgIpc) is 3.08. The van der Waals surface area contributed by atoms with E-state index in [0.29, 0.717) is 23.6 Å². The molecule has 138 valence electrons. The molecule has 3 aromatic rings. The van der Waals surface area contributed by atoms with Crippen LogP contribution < -0.4 is 0 Å². The Morgan fingerprint density at radius 3 is 2.48 bits per heavy atom. The number of ether oxygens (including phenoxy) is 1. The molecule has 1 aromatic heterocycles. The zero-order valence-electron chi connectivity index (χ0n) is 14.8. The molecule has 6 heteroatoms. The predicted molar refractivity (Wildman–Crippen MR) is 96.9 cm³/mol. The van der Waals surface area contributed by atoms with Gasteiger partial charge in [-0.25, -0.2) is 14.2 Å². The minimum Gasteiger partial charge on any atom is -0.461 e. The Hall–Kier alpha value is -3.28. The molecule has 0 fully saturated rings. The van der Waals surface area contributed by atoms with Crippen molar-refractivity contribution in [2.45, 2.75) is 19.8 Å². The number of hydrogen-bond acceptors (Lipinski definition) is 5. The molecule has 0 amide bonds. The highest BCUT2D eigenvalue weighted by atomic mass is 19.1. The van der Waals surface area contributed by atoms with E-state index in [2.05, 4.69) is 4.98 Å². The first kappa shape index (κ1) is 18.5. The summed E-state index contributed by atoms with van der Waals surface area (Å²) in [5.74, 6) is -0.381. The molecule has 0 aliphatic carbocycles. The quantitative estimate of drug-likeness (QED) is 0.346. The van der Waals surface area contributed by atoms with Crippen molar-refractivity contribution < 1.29 is 23.1 Å². The van der Waals surface area contributed by atoms with Crippen molar-refractivity contribution in [2.75, 3.05) is 6.61 Å². The number of esters is 1. The maximum absolute atomic E-state index is 12.9. The first-order valence-electron chi connectivity index (χ1n) is 8.53. The maximum atomic E-state index is 12.9. The van der Waals surface area contributed by atoms with Crippen LogP contribution in [-0.2, 0) is 4.74 Å². The number of carbonyl (C=O) groups is 2. The van der Waals surface area contributed by atoms with E-state index in [1.807, 2.05) is 30.3 Å². The molecule has 0 unspecified atom stereocenters. The lowest BCUT2D eigenvalue weighted by Gasteiger charge is -2.03. The summed E-state index contributed by atoms with van der Waals surface area (Å²) in [5, 5.41) is 0. The highest BCUT2D eigenvalue weighted by Gasteiger charge is 2.19. The van der Waals surface area contributed by atoms with Crippen molar-refractivity contribution in [3.63, 3.8) is 0 Å². The number of Topliss-reactive ketones (excluding diaryl/α,β-unsaturated/α-hetero) is 1. The van der Waals surface area contributed by atoms with Gasteiger partial charge in [0, 0.05) is 17.5 Å². The van der Waals surface area contributed by atoms with Crippen LogP contribution in [0.4, 0.5) is 4.39 Å². The lowest BCUT2D eigenvalue weighted by atomic mass is 10.1. The van der Waals surface area contributed by atoms with Crippen LogP contribution in [0.2, 0.25) is 0 Å². The van der Waals surface area contributed by atoms with Crippen molar-refractivity contribution in [1.82, 2.24) is 4.98 Å². The third-order valence-corrected chi connectivity index (χ3v) is 3.96. The number of oxazole rings is 1. The number of rotatable bonds is 7. The van der Waals surface area contributed by atoms with E-state index < -0.39 is 11.8 Å². The fourth-order valence-electron chi connectivity index (χ4n) is 2.54. The summed E-state index contributed by atoms with van der Waals surface area (Å²) >= 11 is 0. The van der Waals surface area contributed by atoms with Gasteiger partial charge >= 0.3 is 5.97 Å². The van der Waals surface area contributed by atoms with Crippen LogP contribution >= 0.6 is 0 Å². The lowest BCUT2D eigenvalue weighted by molar-refractivity contribution is 0.0486. The fraction of sp³-hybridized carbons (Fsp3) is 0.190. The third kappa shape index (κ3) is 4.67. The van der Waals surface area contributed by atoms with Crippen molar-refractivity contribution in [1.29, 1.82) is 0 Å². The van der Waals surface area contributed by atoms with Gasteiger partial charge in [0.15, 0.2) is 11.5 Å². The van der Waals surface area contributed by atoms with E-state index >= 15 is 0 Å². The summed E-state index contributed by atoms with van der Waals surface area (Å²) < 4.78 is 23.6. The molecule has 27 heavy (non-hydrogen) atoms. The molecule has 5 nitrogen and oxygen atoms in total. The van der Waals surface area contributed by atoms with Crippen LogP contribution in [0.3, 0.4) is 0 Å². The van der Waals surface area contributed by atoms with Crippen LogP contribution in [0, 0.1) is 12.7 Å². The van der Waals surface area contributed by atoms with E-state index in [1.165, 1.54) is 24.3 Å². The van der Waals surface area contributed by atoms with Gasteiger partial charge in [-0.05, 0) is 49.7 Å². The van der Waals surface area contributed by atoms with E-state index in [-0.39, 0.29) is 24.5 Å². The maximum Gasteiger partial charge on any atom is 0.360 e. The van der Waals surface area contributed by atoms with Crippen molar-refractivity contribution in [3.05, 3.63) is 77.4 Å². The zero-order valence-corrected chi connectivity index (χ0v) is 14.8. The summed E-state index contributed by atoms with van der Waals surface area (Å²) in [5.41, 5.74) is 1.32. The van der Waals surface area contributed by atoms with Gasteiger partial charge in [0.05, 0.1) is 6.61 Å². The normalized spacial score (nSPS) is 10.6. The van der Waals surface area contributed by atoms with E-state index in [0.717, 1.165) is 5.56 Å². The second kappa shape index (κ2) is 8.40. The van der Waals surface area contributed by atoms with Gasteiger partial charge in [0.25, 0.3) is 0 Å². The smallest absolute Gasteiger partial charge is 0.360 e. The monoisotopic (exact) mass is 367 g/mol. The molecule has 0 atom stereocenters. The predicted octanol–water partition coefficient (Wildman–Crippen LogP) is 4.61. The van der Waals surface area contributed by atoms with Gasteiger partial charge in [-0.15, -0.1) is 0 Å². The second-order valence-electron chi connectivity index (χ2n) is 5.96. The highest BCUT2D eigenvalue weighted by Crippen LogP contribution is 2.21. The van der Waals surface area contributed by atoms with E-state index in [1.54, 1.807) is 6.92 Å². The van der Waals surface area contributed by atoms with E-state index in [4.69, 9.17) is 9.15 Å². The number of carbonyl (C=O) groups excluding carboxylic acids is 2. The van der Waals surface area contributed by atoms with Gasteiger partial charge in [-0.1, -0.05) is 18.2 Å². The van der Waals surface area contributed by atoms with Crippen LogP contribution in [0.1, 0.15) is 39.4 Å². The Balaban J connectivity index is 1.52. The number of hydrogen-bond donors (Lipinski definition) is 0. The highest BCUT2D eigenvalue weighted by molar-refractivity contribution is 5.96. The molecule has 1 heterocycles. The SMILES string of the molecule is Cc1oc(-c2ccccc2)nc1C(=O)OCCCC(=O)c1ccc(F)cc1. The van der Waals surface area contributed by atoms with E-state index in [9.17, 15) is 14.0 Å². The van der Waals surface area contributed by atoms with Crippen LogP contribution in [0.15, 0.2) is 59.0 Å². The number of aromatic nitrogens is 1. The molecule has 0 saturated carbocycles. The molecule has 0 bridgehead atoms. The summed E-state index contributed by atoms with van der Waals surface area (Å²) in [6.45, 7) is 1.73. The number of halogens is 1. The minimum atomic E-state index is -0.590. The molecule has 2 aromatic carbocycles. The molecular formula is C21H18FNO4. The second-order valence-corrected chi connectivity index (χ2v) is 5.96. The van der Waals surface area contributed by atoms with Gasteiger partial charge in [0.2, 0.25) is 5.89 Å². The molecule has 3 rings (SSSR count). The summed E-state index contributed by atoms with van der Waals surface area (Å²) in [7, 11) is 0. The van der Waals surface area contributed by atoms with Gasteiger partial charge < -0.3 is 9.15 Å². The minimum absolute atomic E-state index is 0.0821. The average molecular weight is 367 g/mol. The van der Waals surface area contributed by atoms with Crippen molar-refractivity contribution >= 4 is 11.8 Å². The lowest BCUT2D eigenvalue weighted by Crippen LogP contribution is -2.09. The Bertz CT molecular complexity index is 933. The number of nitrogens with zero attached hydrogens (tertiary/aromatic N) is 1. The Morgan fingerprint density at radius 2 is 1.78 bits per heavy atom. The summed E-state index contributed by atoms with van der Waals surface area (Å²) in [6, 6.07) is 14.6. The number of ketones is 1. The van der Waals surface area contributed by atoms with Crippen LogP contribution in [0.25, 0.3) is 11.5 Å². The van der Waals surface area contributed by atoms with Crippen LogP contribution in [0.5, 0.6) is 0 Å². The molecule has 0 spiro atoms.